The van der Waals surface area contributed by atoms with Gasteiger partial charge in [0.05, 0.1) is 18.9 Å². The van der Waals surface area contributed by atoms with Crippen LogP contribution in [0.5, 0.6) is 5.75 Å². The monoisotopic (exact) mass is 546 g/mol. The molecular weight excluding hydrogens is 508 g/mol. The Morgan fingerprint density at radius 1 is 0.853 bits per heavy atom. The second kappa shape index (κ2) is 13.4. The molecule has 0 spiro atoms. The van der Waals surface area contributed by atoms with Crippen LogP contribution >= 0.6 is 26.0 Å². The van der Waals surface area contributed by atoms with Crippen molar-refractivity contribution in [1.82, 2.24) is 9.55 Å². The Balaban J connectivity index is 1.69. The number of hydrogen-bond donors (Lipinski definition) is 0. The average Bonchev–Trinajstić information content (AvgIpc) is 3.23. The maximum absolute atomic E-state index is 6.04. The first kappa shape index (κ1) is 26.8. The van der Waals surface area contributed by atoms with Gasteiger partial charge in [-0.2, -0.15) is 0 Å². The lowest BCUT2D eigenvalue weighted by atomic mass is 10.1. The number of halogens is 1. The van der Waals surface area contributed by atoms with Crippen molar-refractivity contribution in [2.75, 3.05) is 37.7 Å². The highest BCUT2D eigenvalue weighted by Gasteiger charge is 2.13. The molecule has 0 aliphatic rings. The molecule has 186 valence electrons. The summed E-state index contributed by atoms with van der Waals surface area (Å²) < 4.78 is 15.1. The van der Waals surface area contributed by atoms with Gasteiger partial charge in [0.15, 0.2) is 0 Å². The number of ether oxygens (including phenoxy) is 2. The van der Waals surface area contributed by atoms with Gasteiger partial charge in [0.2, 0.25) is 0 Å². The highest BCUT2D eigenvalue weighted by molar-refractivity contribution is 9.10. The molecular formula is C28H39BrN2O2S. The highest BCUT2D eigenvalue weighted by atomic mass is 79.9. The van der Waals surface area contributed by atoms with Crippen LogP contribution in [0.2, 0.25) is 0 Å². The van der Waals surface area contributed by atoms with Crippen molar-refractivity contribution in [3.8, 4) is 28.4 Å². The zero-order chi connectivity index (χ0) is 24.4. The molecule has 3 rings (SSSR count). The van der Waals surface area contributed by atoms with E-state index in [-0.39, 0.29) is 0 Å². The number of hydrogen-bond acceptors (Lipinski definition) is 3. The minimum Gasteiger partial charge on any atom is -0.494 e. The van der Waals surface area contributed by atoms with Gasteiger partial charge in [-0.25, -0.2) is 15.0 Å². The normalized spacial score (nSPS) is 12.1. The number of imidazole rings is 1. The number of benzene rings is 2. The third-order valence-corrected chi connectivity index (χ3v) is 7.54. The quantitative estimate of drug-likeness (QED) is 0.192. The van der Waals surface area contributed by atoms with E-state index in [2.05, 4.69) is 76.7 Å². The maximum atomic E-state index is 6.04. The Hall–Kier alpha value is -1.76. The summed E-state index contributed by atoms with van der Waals surface area (Å²) in [6.45, 7) is 4.27. The molecule has 0 bridgehead atoms. The summed E-state index contributed by atoms with van der Waals surface area (Å²) in [4.78, 5) is 4.97. The van der Waals surface area contributed by atoms with E-state index in [0.29, 0.717) is 6.73 Å². The van der Waals surface area contributed by atoms with Gasteiger partial charge in [-0.1, -0.05) is 60.7 Å². The maximum Gasteiger partial charge on any atom is 0.142 e. The number of unbranched alkanes of at least 4 members (excludes halogenated alkanes) is 4. The van der Waals surface area contributed by atoms with E-state index in [1.807, 2.05) is 24.3 Å². The van der Waals surface area contributed by atoms with E-state index in [0.717, 1.165) is 58.3 Å². The molecule has 0 unspecified atom stereocenters. The van der Waals surface area contributed by atoms with Crippen LogP contribution in [0.15, 0.2) is 59.2 Å². The molecule has 0 radical (unpaired) electrons. The molecule has 0 aliphatic carbocycles. The molecule has 0 saturated carbocycles. The molecule has 1 aromatic heterocycles. The zero-order valence-corrected chi connectivity index (χ0v) is 23.5. The minimum atomic E-state index is -0.567. The Kier molecular flexibility index (Phi) is 10.5. The van der Waals surface area contributed by atoms with Gasteiger partial charge < -0.3 is 14.0 Å². The van der Waals surface area contributed by atoms with Gasteiger partial charge >= 0.3 is 0 Å². The summed E-state index contributed by atoms with van der Waals surface area (Å²) in [6, 6.07) is 16.5. The molecule has 1 heterocycles. The first-order valence-electron chi connectivity index (χ1n) is 12.2. The first-order valence-corrected chi connectivity index (χ1v) is 16.0. The molecule has 34 heavy (non-hydrogen) atoms. The minimum absolute atomic E-state index is 0.493. The lowest BCUT2D eigenvalue weighted by Crippen LogP contribution is -2.10. The van der Waals surface area contributed by atoms with E-state index in [9.17, 15) is 0 Å². The van der Waals surface area contributed by atoms with E-state index < -0.39 is 10.0 Å². The van der Waals surface area contributed by atoms with Crippen LogP contribution in [0.25, 0.3) is 22.6 Å². The Morgan fingerprint density at radius 2 is 1.53 bits per heavy atom. The molecule has 0 amide bonds. The Bertz CT molecular complexity index is 995. The molecule has 4 nitrogen and oxygen atoms in total. The summed E-state index contributed by atoms with van der Waals surface area (Å²) in [6.07, 6.45) is 15.3. The predicted molar refractivity (Wildman–Crippen MR) is 151 cm³/mol. The third kappa shape index (κ3) is 8.79. The molecule has 0 fully saturated rings. The molecule has 0 N–H and O–H groups in total. The molecule has 3 aromatic rings. The fraction of sp³-hybridized carbons (Fsp3) is 0.464. The number of aromatic nitrogens is 2. The van der Waals surface area contributed by atoms with Gasteiger partial charge in [-0.05, 0) is 61.6 Å². The summed E-state index contributed by atoms with van der Waals surface area (Å²) in [5.74, 6) is 2.93. The van der Waals surface area contributed by atoms with Crippen molar-refractivity contribution in [2.24, 2.45) is 0 Å². The largest absolute Gasteiger partial charge is 0.494 e. The van der Waals surface area contributed by atoms with Crippen LogP contribution in [0.4, 0.5) is 0 Å². The zero-order valence-electron chi connectivity index (χ0n) is 21.1. The van der Waals surface area contributed by atoms with Crippen LogP contribution < -0.4 is 4.74 Å². The topological polar surface area (TPSA) is 36.3 Å². The summed E-state index contributed by atoms with van der Waals surface area (Å²) in [7, 11) is -0.567. The van der Waals surface area contributed by atoms with Crippen LogP contribution in [-0.4, -0.2) is 47.3 Å². The third-order valence-electron chi connectivity index (χ3n) is 5.62. The molecule has 0 atom stereocenters. The lowest BCUT2D eigenvalue weighted by molar-refractivity contribution is 0.0908. The van der Waals surface area contributed by atoms with Crippen molar-refractivity contribution in [3.05, 3.63) is 59.2 Å². The van der Waals surface area contributed by atoms with Crippen LogP contribution in [0.1, 0.15) is 39.0 Å². The first-order chi connectivity index (χ1) is 16.4. The molecule has 6 heteroatoms. The van der Waals surface area contributed by atoms with E-state index in [4.69, 9.17) is 14.5 Å². The predicted octanol–water partition coefficient (Wildman–Crippen LogP) is 8.00. The van der Waals surface area contributed by atoms with Crippen molar-refractivity contribution in [1.29, 1.82) is 0 Å². The fourth-order valence-corrected chi connectivity index (χ4v) is 4.45. The van der Waals surface area contributed by atoms with Gasteiger partial charge in [0.1, 0.15) is 18.3 Å². The Morgan fingerprint density at radius 3 is 2.21 bits per heavy atom. The second-order valence-electron chi connectivity index (χ2n) is 9.55. The van der Waals surface area contributed by atoms with Crippen LogP contribution in [-0.2, 0) is 11.5 Å². The Labute approximate surface area is 215 Å². The van der Waals surface area contributed by atoms with E-state index >= 15 is 0 Å². The fourth-order valence-electron chi connectivity index (χ4n) is 3.57. The van der Waals surface area contributed by atoms with Crippen LogP contribution in [0, 0.1) is 0 Å². The smallest absolute Gasteiger partial charge is 0.142 e. The van der Waals surface area contributed by atoms with Crippen molar-refractivity contribution >= 4 is 26.0 Å². The van der Waals surface area contributed by atoms with Crippen LogP contribution in [0.3, 0.4) is 0 Å². The van der Waals surface area contributed by atoms with Crippen molar-refractivity contribution in [3.63, 3.8) is 0 Å². The van der Waals surface area contributed by atoms with Crippen molar-refractivity contribution < 1.29 is 9.47 Å². The van der Waals surface area contributed by atoms with Crippen molar-refractivity contribution in [2.45, 2.75) is 45.8 Å². The van der Waals surface area contributed by atoms with Gasteiger partial charge in [0, 0.05) is 27.5 Å². The van der Waals surface area contributed by atoms with E-state index in [1.165, 1.54) is 25.7 Å². The SMILES string of the molecule is CCCCCCCOc1ccc(-c2cn(COCCS(C)(C)C)c(-c3ccc(Br)cc3)n2)cc1. The lowest BCUT2D eigenvalue weighted by Gasteiger charge is -2.24. The average molecular weight is 548 g/mol. The van der Waals surface area contributed by atoms with E-state index in [1.54, 1.807) is 0 Å². The highest BCUT2D eigenvalue weighted by Crippen LogP contribution is 2.33. The van der Waals surface area contributed by atoms with Gasteiger partial charge in [-0.3, -0.25) is 0 Å². The second-order valence-corrected chi connectivity index (χ2v) is 15.1. The molecule has 2 aromatic carbocycles. The van der Waals surface area contributed by atoms with Gasteiger partial charge in [-0.15, -0.1) is 0 Å². The summed E-state index contributed by atoms with van der Waals surface area (Å²) in [5.41, 5.74) is 3.09. The summed E-state index contributed by atoms with van der Waals surface area (Å²) >= 11 is 3.53. The number of nitrogens with zero attached hydrogens (tertiary/aromatic N) is 2. The molecule has 0 aliphatic heterocycles. The summed E-state index contributed by atoms with van der Waals surface area (Å²) in [5, 5.41) is 0. The van der Waals surface area contributed by atoms with Gasteiger partial charge in [0.25, 0.3) is 0 Å². The number of rotatable bonds is 14. The molecule has 0 saturated heterocycles. The standard InChI is InChI=1S/C28H39BrN2O2S/c1-5-6-7-8-9-18-33-26-16-12-23(13-17-26)27-21-31(22-32-19-20-34(2,3)4)28(30-27)24-10-14-25(29)15-11-24/h10-17,21H,5-9,18-20,22H2,1-4H3.